The summed E-state index contributed by atoms with van der Waals surface area (Å²) in [7, 11) is 3.11. The zero-order valence-electron chi connectivity index (χ0n) is 14.0. The predicted molar refractivity (Wildman–Crippen MR) is 91.4 cm³/mol. The van der Waals surface area contributed by atoms with Gasteiger partial charge in [0.2, 0.25) is 0 Å². The smallest absolute Gasteiger partial charge is 0.330 e. The first-order valence-electron chi connectivity index (χ1n) is 7.57. The summed E-state index contributed by atoms with van der Waals surface area (Å²) in [6.45, 7) is 0.253. The zero-order valence-corrected chi connectivity index (χ0v) is 14.0. The van der Waals surface area contributed by atoms with E-state index in [4.69, 9.17) is 18.9 Å². The number of methoxy groups -OCH3 is 2. The van der Waals surface area contributed by atoms with Gasteiger partial charge in [0.05, 0.1) is 14.2 Å². The number of ether oxygens (including phenoxy) is 4. The topological polar surface area (TPSA) is 54.0 Å². The molecule has 2 rings (SSSR count). The summed E-state index contributed by atoms with van der Waals surface area (Å²) in [4.78, 5) is 11.7. The highest BCUT2D eigenvalue weighted by Gasteiger charge is 2.04. The number of rotatable bonds is 8. The second kappa shape index (κ2) is 9.32. The second-order valence-corrected chi connectivity index (χ2v) is 4.91. The van der Waals surface area contributed by atoms with Crippen LogP contribution < -0.4 is 14.2 Å². The number of esters is 1. The molecule has 0 fully saturated rings. The highest BCUT2D eigenvalue weighted by atomic mass is 19.1. The van der Waals surface area contributed by atoms with Gasteiger partial charge in [-0.05, 0) is 48.5 Å². The van der Waals surface area contributed by atoms with E-state index in [1.54, 1.807) is 38.5 Å². The van der Waals surface area contributed by atoms with E-state index in [0.29, 0.717) is 22.8 Å². The van der Waals surface area contributed by atoms with Crippen LogP contribution in [0, 0.1) is 5.82 Å². The Kier molecular flexibility index (Phi) is 6.83. The molecule has 0 saturated heterocycles. The van der Waals surface area contributed by atoms with Crippen LogP contribution in [0.4, 0.5) is 4.39 Å². The largest absolute Gasteiger partial charge is 0.497 e. The number of carbonyl (C=O) groups excluding carboxylic acids is 1. The van der Waals surface area contributed by atoms with Crippen LogP contribution in [0.2, 0.25) is 0 Å². The number of carbonyl (C=O) groups is 1. The Bertz CT molecular complexity index is 725. The molecule has 2 aromatic carbocycles. The van der Waals surface area contributed by atoms with Crippen LogP contribution in [0.15, 0.2) is 48.5 Å². The molecule has 0 aromatic heterocycles. The van der Waals surface area contributed by atoms with Crippen molar-refractivity contribution in [1.29, 1.82) is 0 Å². The van der Waals surface area contributed by atoms with Crippen LogP contribution >= 0.6 is 0 Å². The van der Waals surface area contributed by atoms with Crippen LogP contribution in [0.1, 0.15) is 5.56 Å². The number of hydrogen-bond acceptors (Lipinski definition) is 5. The van der Waals surface area contributed by atoms with Gasteiger partial charge in [0, 0.05) is 11.6 Å². The molecule has 0 N–H and O–H groups in total. The summed E-state index contributed by atoms with van der Waals surface area (Å²) in [5.41, 5.74) is 0.696. The zero-order chi connectivity index (χ0) is 18.1. The van der Waals surface area contributed by atoms with Gasteiger partial charge in [-0.1, -0.05) is 0 Å². The quantitative estimate of drug-likeness (QED) is 0.416. The minimum absolute atomic E-state index is 0.0792. The molecule has 0 heterocycles. The molecule has 0 spiro atoms. The third-order valence-corrected chi connectivity index (χ3v) is 3.25. The first kappa shape index (κ1) is 18.3. The Morgan fingerprint density at radius 1 is 1.00 bits per heavy atom. The van der Waals surface area contributed by atoms with Crippen LogP contribution in [-0.2, 0) is 9.53 Å². The van der Waals surface area contributed by atoms with Gasteiger partial charge >= 0.3 is 5.97 Å². The molecule has 0 aliphatic rings. The SMILES string of the molecule is COc1ccc(OC)c(/C=C/C(=O)OCCOc2ccc(F)cc2)c1. The van der Waals surface area contributed by atoms with Crippen molar-refractivity contribution < 1.29 is 28.1 Å². The molecule has 132 valence electrons. The predicted octanol–water partition coefficient (Wildman–Crippen LogP) is 3.48. The maximum Gasteiger partial charge on any atom is 0.330 e. The summed E-state index contributed by atoms with van der Waals surface area (Å²) in [5.74, 6) is 0.935. The Labute approximate surface area is 145 Å². The molecular formula is C19H19FO5. The van der Waals surface area contributed by atoms with E-state index in [-0.39, 0.29) is 19.0 Å². The minimum atomic E-state index is -0.507. The molecule has 0 bridgehead atoms. The molecule has 5 nitrogen and oxygen atoms in total. The fourth-order valence-corrected chi connectivity index (χ4v) is 2.01. The second-order valence-electron chi connectivity index (χ2n) is 4.91. The molecule has 0 amide bonds. The summed E-state index contributed by atoms with van der Waals surface area (Å²) >= 11 is 0. The van der Waals surface area contributed by atoms with Crippen molar-refractivity contribution in [3.63, 3.8) is 0 Å². The molecule has 0 saturated carbocycles. The third-order valence-electron chi connectivity index (χ3n) is 3.25. The van der Waals surface area contributed by atoms with Crippen molar-refractivity contribution >= 4 is 12.0 Å². The highest BCUT2D eigenvalue weighted by molar-refractivity contribution is 5.87. The summed E-state index contributed by atoms with van der Waals surface area (Å²) < 4.78 is 33.5. The van der Waals surface area contributed by atoms with Gasteiger partial charge < -0.3 is 18.9 Å². The van der Waals surface area contributed by atoms with Crippen molar-refractivity contribution in [2.24, 2.45) is 0 Å². The fourth-order valence-electron chi connectivity index (χ4n) is 2.01. The lowest BCUT2D eigenvalue weighted by molar-refractivity contribution is -0.138. The average molecular weight is 346 g/mol. The molecular weight excluding hydrogens is 327 g/mol. The van der Waals surface area contributed by atoms with Gasteiger partial charge in [-0.25, -0.2) is 9.18 Å². The third kappa shape index (κ3) is 5.84. The maximum absolute atomic E-state index is 12.8. The number of hydrogen-bond donors (Lipinski definition) is 0. The molecule has 0 aliphatic carbocycles. The Morgan fingerprint density at radius 3 is 2.40 bits per heavy atom. The minimum Gasteiger partial charge on any atom is -0.497 e. The van der Waals surface area contributed by atoms with Crippen LogP contribution in [0.5, 0.6) is 17.2 Å². The monoisotopic (exact) mass is 346 g/mol. The Morgan fingerprint density at radius 2 is 1.72 bits per heavy atom. The van der Waals surface area contributed by atoms with E-state index in [9.17, 15) is 9.18 Å². The molecule has 0 unspecified atom stereocenters. The maximum atomic E-state index is 12.8. The van der Waals surface area contributed by atoms with E-state index < -0.39 is 5.97 Å². The normalized spacial score (nSPS) is 10.5. The first-order valence-corrected chi connectivity index (χ1v) is 7.57. The van der Waals surface area contributed by atoms with Crippen LogP contribution in [0.25, 0.3) is 6.08 Å². The molecule has 0 aliphatic heterocycles. The Balaban J connectivity index is 1.81. The molecule has 6 heteroatoms. The van der Waals surface area contributed by atoms with E-state index in [0.717, 1.165) is 0 Å². The molecule has 25 heavy (non-hydrogen) atoms. The molecule has 0 atom stereocenters. The van der Waals surface area contributed by atoms with Gasteiger partial charge in [-0.2, -0.15) is 0 Å². The number of benzene rings is 2. The van der Waals surface area contributed by atoms with Crippen molar-refractivity contribution in [3.05, 3.63) is 59.9 Å². The van der Waals surface area contributed by atoms with Crippen molar-refractivity contribution in [1.82, 2.24) is 0 Å². The Hall–Kier alpha value is -3.02. The van der Waals surface area contributed by atoms with Gasteiger partial charge in [0.1, 0.15) is 36.3 Å². The van der Waals surface area contributed by atoms with E-state index >= 15 is 0 Å². The van der Waals surface area contributed by atoms with E-state index in [2.05, 4.69) is 0 Å². The van der Waals surface area contributed by atoms with Crippen molar-refractivity contribution in [2.45, 2.75) is 0 Å². The lowest BCUT2D eigenvalue weighted by Crippen LogP contribution is -2.10. The molecule has 2 aromatic rings. The van der Waals surface area contributed by atoms with Gasteiger partial charge in [0.15, 0.2) is 0 Å². The van der Waals surface area contributed by atoms with E-state index in [1.807, 2.05) is 0 Å². The number of halogens is 1. The average Bonchev–Trinajstić information content (AvgIpc) is 2.64. The highest BCUT2D eigenvalue weighted by Crippen LogP contribution is 2.25. The van der Waals surface area contributed by atoms with E-state index in [1.165, 1.54) is 30.3 Å². The van der Waals surface area contributed by atoms with Crippen molar-refractivity contribution in [2.75, 3.05) is 27.4 Å². The lowest BCUT2D eigenvalue weighted by Gasteiger charge is -2.07. The first-order chi connectivity index (χ1) is 12.1. The summed E-state index contributed by atoms with van der Waals surface area (Å²) in [6, 6.07) is 10.9. The van der Waals surface area contributed by atoms with Crippen LogP contribution in [-0.4, -0.2) is 33.4 Å². The van der Waals surface area contributed by atoms with Crippen LogP contribution in [0.3, 0.4) is 0 Å². The van der Waals surface area contributed by atoms with Crippen molar-refractivity contribution in [3.8, 4) is 17.2 Å². The summed E-state index contributed by atoms with van der Waals surface area (Å²) in [5, 5.41) is 0. The van der Waals surface area contributed by atoms with Gasteiger partial charge in [0.25, 0.3) is 0 Å². The standard InChI is InChI=1S/C19H19FO5/c1-22-17-8-9-18(23-2)14(13-17)3-10-19(21)25-12-11-24-16-6-4-15(20)5-7-16/h3-10,13H,11-12H2,1-2H3/b10-3+. The summed E-state index contributed by atoms with van der Waals surface area (Å²) in [6.07, 6.45) is 2.89. The lowest BCUT2D eigenvalue weighted by atomic mass is 10.1. The van der Waals surface area contributed by atoms with Gasteiger partial charge in [-0.15, -0.1) is 0 Å². The molecule has 0 radical (unpaired) electrons. The van der Waals surface area contributed by atoms with Gasteiger partial charge in [-0.3, -0.25) is 0 Å². The fraction of sp³-hybridized carbons (Fsp3) is 0.211.